The summed E-state index contributed by atoms with van der Waals surface area (Å²) in [6.07, 6.45) is 0. The standard InChI is InChI=1S/C4H6NO2Si/c1-3-5-4(2)7-8-6-3/h1-2H3/q+1. The Morgan fingerprint density at radius 3 is 2.75 bits per heavy atom. The van der Waals surface area contributed by atoms with Gasteiger partial charge in [0, 0.05) is 6.92 Å². The molecule has 42 valence electrons. The van der Waals surface area contributed by atoms with Crippen LogP contribution < -0.4 is 0 Å². The van der Waals surface area contributed by atoms with Gasteiger partial charge in [0.15, 0.2) is 5.90 Å². The van der Waals surface area contributed by atoms with Crippen molar-refractivity contribution in [3.05, 3.63) is 0 Å². The summed E-state index contributed by atoms with van der Waals surface area (Å²) in [5.41, 5.74) is 0. The Hall–Kier alpha value is -0.643. The summed E-state index contributed by atoms with van der Waals surface area (Å²) in [6.45, 7) is 3.61. The fraction of sp³-hybridized carbons (Fsp3) is 0.500. The molecule has 0 aromatic carbocycles. The maximum Gasteiger partial charge on any atom is 1.03 e. The predicted molar refractivity (Wildman–Crippen MR) is 30.6 cm³/mol. The molecule has 0 saturated carbocycles. The number of hydrogen-bond donors (Lipinski definition) is 0. The van der Waals surface area contributed by atoms with E-state index in [4.69, 9.17) is 8.54 Å². The first-order valence-electron chi connectivity index (χ1n) is 2.26. The van der Waals surface area contributed by atoms with Crippen LogP contribution in [-0.2, 0) is 8.54 Å². The van der Waals surface area contributed by atoms with E-state index >= 15 is 0 Å². The molecule has 0 bridgehead atoms. The van der Waals surface area contributed by atoms with E-state index in [1.165, 1.54) is 0 Å². The topological polar surface area (TPSA) is 32.9 Å². The molecule has 2 radical (unpaired) electrons. The van der Waals surface area contributed by atoms with Crippen molar-refractivity contribution in [2.45, 2.75) is 13.8 Å². The van der Waals surface area contributed by atoms with Crippen LogP contribution in [0.25, 0.3) is 0 Å². The van der Waals surface area contributed by atoms with Crippen LogP contribution in [0.15, 0.2) is 4.99 Å². The van der Waals surface area contributed by atoms with Gasteiger partial charge in [0.1, 0.15) is 0 Å². The monoisotopic (exact) mass is 128 g/mol. The number of carbonyl (C=O) groups excluding carboxylic acids is 1. The lowest BCUT2D eigenvalue weighted by Gasteiger charge is -1.93. The van der Waals surface area contributed by atoms with Gasteiger partial charge in [0.25, 0.3) is 0 Å². The average molecular weight is 128 g/mol. The Labute approximate surface area is 50.1 Å². The van der Waals surface area contributed by atoms with Crippen molar-refractivity contribution in [2.75, 3.05) is 0 Å². The van der Waals surface area contributed by atoms with Gasteiger partial charge in [-0.1, -0.05) is 0 Å². The van der Waals surface area contributed by atoms with Crippen LogP contribution in [0.4, 0.5) is 0 Å². The Bertz CT molecular complexity index is 152. The van der Waals surface area contributed by atoms with Crippen LogP contribution in [0.2, 0.25) is 0 Å². The van der Waals surface area contributed by atoms with Crippen LogP contribution in [0.5, 0.6) is 0 Å². The summed E-state index contributed by atoms with van der Waals surface area (Å²) < 4.78 is 9.77. The van der Waals surface area contributed by atoms with Gasteiger partial charge in [-0.05, 0) is 0 Å². The molecule has 4 heteroatoms. The zero-order chi connectivity index (χ0) is 5.98. The molecular formula is C4H6NO2Si+. The van der Waals surface area contributed by atoms with Crippen molar-refractivity contribution in [1.29, 1.82) is 0 Å². The number of aliphatic imine (C=N–C) groups is 1. The fourth-order valence-electron chi connectivity index (χ4n) is 0.409. The molecule has 0 atom stereocenters. The lowest BCUT2D eigenvalue weighted by molar-refractivity contribution is -0.304. The highest BCUT2D eigenvalue weighted by Gasteiger charge is 2.21. The molecule has 0 aliphatic carbocycles. The van der Waals surface area contributed by atoms with E-state index in [2.05, 4.69) is 4.99 Å². The van der Waals surface area contributed by atoms with E-state index < -0.39 is 0 Å². The third-order valence-electron chi connectivity index (χ3n) is 0.694. The number of rotatable bonds is 0. The quantitative estimate of drug-likeness (QED) is 0.335. The summed E-state index contributed by atoms with van der Waals surface area (Å²) >= 11 is 0. The molecule has 0 N–H and O–H groups in total. The van der Waals surface area contributed by atoms with Gasteiger partial charge in [-0.3, -0.25) is 0 Å². The Kier molecular flexibility index (Phi) is 1.43. The van der Waals surface area contributed by atoms with E-state index in [1.54, 1.807) is 13.8 Å². The molecule has 0 aromatic heterocycles. The molecule has 1 heterocycles. The highest BCUT2D eigenvalue weighted by Crippen LogP contribution is 1.87. The van der Waals surface area contributed by atoms with Crippen molar-refractivity contribution in [3.63, 3.8) is 0 Å². The van der Waals surface area contributed by atoms with E-state index in [0.717, 1.165) is 0 Å². The zero-order valence-electron chi connectivity index (χ0n) is 4.76. The van der Waals surface area contributed by atoms with Crippen LogP contribution in [0.1, 0.15) is 13.8 Å². The highest BCUT2D eigenvalue weighted by atomic mass is 28.2. The molecule has 0 aromatic rings. The van der Waals surface area contributed by atoms with E-state index in [0.29, 0.717) is 11.8 Å². The van der Waals surface area contributed by atoms with Gasteiger partial charge in [-0.25, -0.2) is 0 Å². The van der Waals surface area contributed by atoms with Crippen molar-refractivity contribution >= 4 is 21.8 Å². The van der Waals surface area contributed by atoms with Gasteiger partial charge in [-0.2, -0.15) is 0 Å². The Morgan fingerprint density at radius 1 is 1.62 bits per heavy atom. The second-order valence-corrected chi connectivity index (χ2v) is 2.01. The van der Waals surface area contributed by atoms with Crippen molar-refractivity contribution in [2.24, 2.45) is 4.99 Å². The molecule has 0 fully saturated rings. The largest absolute Gasteiger partial charge is 1.03 e. The SMILES string of the molecule is CC1=NC(C)=[O+][Si]O1. The molecule has 0 unspecified atom stereocenters. The summed E-state index contributed by atoms with van der Waals surface area (Å²) in [7, 11) is 0.0945. The van der Waals surface area contributed by atoms with Gasteiger partial charge < -0.3 is 8.54 Å². The number of hydrogen-bond acceptors (Lipinski definition) is 2. The number of amides is 1. The third kappa shape index (κ3) is 1.16. The first-order valence-corrected chi connectivity index (χ1v) is 3.08. The van der Waals surface area contributed by atoms with Crippen LogP contribution in [-0.4, -0.2) is 21.8 Å². The molecule has 0 amide bonds. The van der Waals surface area contributed by atoms with Gasteiger partial charge in [0.05, 0.1) is 6.92 Å². The zero-order valence-corrected chi connectivity index (χ0v) is 5.76. The molecule has 1 aliphatic rings. The van der Waals surface area contributed by atoms with Crippen LogP contribution >= 0.6 is 0 Å². The Balaban J connectivity index is 2.69. The first-order chi connectivity index (χ1) is 3.79. The predicted octanol–water partition coefficient (Wildman–Crippen LogP) is 0.0514. The normalized spacial score (nSPS) is 18.8. The Morgan fingerprint density at radius 2 is 2.38 bits per heavy atom. The van der Waals surface area contributed by atoms with Gasteiger partial charge in [0.2, 0.25) is 0 Å². The van der Waals surface area contributed by atoms with E-state index in [-0.39, 0.29) is 10.0 Å². The first kappa shape index (κ1) is 5.49. The van der Waals surface area contributed by atoms with Crippen molar-refractivity contribution < 1.29 is 8.54 Å². The summed E-state index contributed by atoms with van der Waals surface area (Å²) in [6, 6.07) is 0. The lowest BCUT2D eigenvalue weighted by Crippen LogP contribution is -2.15. The van der Waals surface area contributed by atoms with E-state index in [1.807, 2.05) is 0 Å². The molecule has 1 aliphatic heterocycles. The summed E-state index contributed by atoms with van der Waals surface area (Å²) in [5.74, 6) is 1.37. The second-order valence-electron chi connectivity index (χ2n) is 1.44. The average Bonchev–Trinajstić information content (AvgIpc) is 1.64. The molecule has 0 saturated heterocycles. The summed E-state index contributed by atoms with van der Waals surface area (Å²) in [4.78, 5) is 3.88. The highest BCUT2D eigenvalue weighted by molar-refractivity contribution is 6.23. The van der Waals surface area contributed by atoms with Crippen LogP contribution in [0.3, 0.4) is 0 Å². The molecule has 0 spiro atoms. The second kappa shape index (κ2) is 2.08. The number of nitrogens with zero attached hydrogens (tertiary/aromatic N) is 1. The van der Waals surface area contributed by atoms with Crippen LogP contribution in [0, 0.1) is 0 Å². The van der Waals surface area contributed by atoms with Gasteiger partial charge >= 0.3 is 15.9 Å². The lowest BCUT2D eigenvalue weighted by atomic mass is 10.7. The third-order valence-corrected chi connectivity index (χ3v) is 1.45. The minimum Gasteiger partial charge on any atom is -0.448 e. The van der Waals surface area contributed by atoms with Gasteiger partial charge in [-0.15, -0.1) is 4.99 Å². The molecule has 8 heavy (non-hydrogen) atoms. The maximum atomic E-state index is 4.88. The molecular weight excluding hydrogens is 122 g/mol. The minimum absolute atomic E-state index is 0.0945. The van der Waals surface area contributed by atoms with Crippen molar-refractivity contribution in [1.82, 2.24) is 0 Å². The maximum absolute atomic E-state index is 4.88. The smallest absolute Gasteiger partial charge is 0.448 e. The van der Waals surface area contributed by atoms with Crippen molar-refractivity contribution in [3.8, 4) is 0 Å². The molecule has 1 rings (SSSR count). The molecule has 3 nitrogen and oxygen atoms in total. The summed E-state index contributed by atoms with van der Waals surface area (Å²) in [5, 5.41) is 0. The minimum atomic E-state index is 0.0945. The van der Waals surface area contributed by atoms with E-state index in [9.17, 15) is 0 Å². The fourth-order valence-corrected chi connectivity index (χ4v) is 0.783.